The van der Waals surface area contributed by atoms with Gasteiger partial charge in [-0.05, 0) is 36.4 Å². The lowest BCUT2D eigenvalue weighted by molar-refractivity contribution is -0.132. The first-order valence-electron chi connectivity index (χ1n) is 8.03. The van der Waals surface area contributed by atoms with Crippen molar-refractivity contribution in [3.8, 4) is 0 Å². The Morgan fingerprint density at radius 3 is 1.77 bits per heavy atom. The van der Waals surface area contributed by atoms with Crippen LogP contribution in [0.4, 0.5) is 5.69 Å². The van der Waals surface area contributed by atoms with Gasteiger partial charge in [0.15, 0.2) is 11.4 Å². The Labute approximate surface area is 174 Å². The number of azo groups is 2. The lowest BCUT2D eigenvalue weighted by atomic mass is 10.00. The quantitative estimate of drug-likeness (QED) is 0.359. The highest BCUT2D eigenvalue weighted by molar-refractivity contribution is 7.86. The Bertz CT molecular complexity index is 1350. The van der Waals surface area contributed by atoms with Gasteiger partial charge in [0.25, 0.3) is 20.2 Å². The molecule has 15 heteroatoms. The highest BCUT2D eigenvalue weighted by Gasteiger charge is 2.44. The van der Waals surface area contributed by atoms with E-state index < -0.39 is 53.1 Å². The zero-order valence-electron chi connectivity index (χ0n) is 15.1. The number of aliphatic hydroxyl groups is 1. The number of aliphatic carboxylic acids is 1. The normalized spacial score (nSPS) is 19.3. The number of rotatable bonds is 6. The molecule has 3 rings (SSSR count). The monoisotopic (exact) mass is 468 g/mol. The number of carboxylic acid groups (broad SMARTS) is 1. The van der Waals surface area contributed by atoms with Gasteiger partial charge in [0, 0.05) is 5.56 Å². The van der Waals surface area contributed by atoms with Crippen molar-refractivity contribution in [2.75, 3.05) is 0 Å². The third-order valence-corrected chi connectivity index (χ3v) is 5.74. The Kier molecular flexibility index (Phi) is 5.55. The van der Waals surface area contributed by atoms with Gasteiger partial charge in [-0.3, -0.25) is 9.11 Å². The number of carboxylic acids is 1. The van der Waals surface area contributed by atoms with E-state index in [1.54, 1.807) is 0 Å². The fourth-order valence-electron chi connectivity index (χ4n) is 2.49. The van der Waals surface area contributed by atoms with E-state index in [1.165, 1.54) is 0 Å². The van der Waals surface area contributed by atoms with Gasteiger partial charge in [0.1, 0.15) is 0 Å². The van der Waals surface area contributed by atoms with Crippen molar-refractivity contribution in [2.45, 2.75) is 15.5 Å². The molecule has 0 saturated heterocycles. The van der Waals surface area contributed by atoms with Crippen LogP contribution in [-0.4, -0.2) is 42.1 Å². The van der Waals surface area contributed by atoms with Gasteiger partial charge in [-0.15, -0.1) is 15.3 Å². The van der Waals surface area contributed by atoms with Gasteiger partial charge < -0.3 is 10.2 Å². The Hall–Kier alpha value is -3.37. The van der Waals surface area contributed by atoms with Crippen LogP contribution in [0.5, 0.6) is 0 Å². The molecule has 1 unspecified atom stereocenters. The minimum atomic E-state index is -4.51. The maximum atomic E-state index is 11.5. The summed E-state index contributed by atoms with van der Waals surface area (Å²) in [7, 11) is -8.93. The molecule has 2 aromatic carbocycles. The molecule has 31 heavy (non-hydrogen) atoms. The summed E-state index contributed by atoms with van der Waals surface area (Å²) in [4.78, 5) is 10.6. The number of benzene rings is 2. The van der Waals surface area contributed by atoms with Crippen molar-refractivity contribution in [1.29, 1.82) is 0 Å². The molecule has 1 aliphatic heterocycles. The van der Waals surface area contributed by atoms with Crippen molar-refractivity contribution in [2.24, 2.45) is 20.5 Å². The van der Waals surface area contributed by atoms with Crippen LogP contribution in [0.25, 0.3) is 0 Å². The Morgan fingerprint density at radius 2 is 1.32 bits per heavy atom. The van der Waals surface area contributed by atoms with Crippen LogP contribution in [-0.2, 0) is 30.8 Å². The van der Waals surface area contributed by atoms with E-state index in [2.05, 4.69) is 20.5 Å². The second-order valence-corrected chi connectivity index (χ2v) is 8.89. The maximum absolute atomic E-state index is 11.5. The van der Waals surface area contributed by atoms with Gasteiger partial charge in [0.05, 0.1) is 15.5 Å². The molecule has 0 radical (unpaired) electrons. The van der Waals surface area contributed by atoms with E-state index in [0.29, 0.717) is 0 Å². The van der Waals surface area contributed by atoms with Crippen molar-refractivity contribution in [3.05, 3.63) is 65.5 Å². The number of hydrogen-bond acceptors (Lipinski definition) is 10. The maximum Gasteiger partial charge on any atom is 0.358 e. The lowest BCUT2D eigenvalue weighted by Gasteiger charge is -2.19. The Balaban J connectivity index is 2.02. The Morgan fingerprint density at radius 1 is 0.839 bits per heavy atom. The van der Waals surface area contributed by atoms with Crippen LogP contribution < -0.4 is 0 Å². The first kappa shape index (κ1) is 22.3. The number of hydrogen-bond donors (Lipinski definition) is 4. The first-order chi connectivity index (χ1) is 14.3. The van der Waals surface area contributed by atoms with Gasteiger partial charge in [-0.2, -0.15) is 21.9 Å². The first-order valence-corrected chi connectivity index (χ1v) is 10.9. The molecule has 162 valence electrons. The van der Waals surface area contributed by atoms with E-state index >= 15 is 0 Å². The third-order valence-electron chi connectivity index (χ3n) is 4.01. The van der Waals surface area contributed by atoms with Crippen LogP contribution in [0, 0.1) is 0 Å². The van der Waals surface area contributed by atoms with Crippen LogP contribution in [0.2, 0.25) is 0 Å². The number of carbonyl (C=O) groups is 1. The largest absolute Gasteiger partial charge is 0.476 e. The van der Waals surface area contributed by atoms with Gasteiger partial charge >= 0.3 is 5.97 Å². The second-order valence-electron chi connectivity index (χ2n) is 6.04. The molecule has 0 saturated carbocycles. The van der Waals surface area contributed by atoms with E-state index in [-0.39, 0.29) is 11.3 Å². The number of nitrogens with zero attached hydrogens (tertiary/aromatic N) is 4. The molecule has 0 fully saturated rings. The van der Waals surface area contributed by atoms with E-state index in [1.807, 2.05) is 0 Å². The smallest absolute Gasteiger partial charge is 0.358 e. The van der Waals surface area contributed by atoms with Crippen molar-refractivity contribution < 1.29 is 40.9 Å². The molecule has 0 aliphatic carbocycles. The zero-order chi connectivity index (χ0) is 23.0. The van der Waals surface area contributed by atoms with E-state index in [9.17, 15) is 31.8 Å². The van der Waals surface area contributed by atoms with E-state index in [4.69, 9.17) is 9.11 Å². The van der Waals surface area contributed by atoms with Crippen molar-refractivity contribution in [1.82, 2.24) is 0 Å². The average Bonchev–Trinajstić information content (AvgIpc) is 3.03. The fraction of sp³-hybridized carbons (Fsp3) is 0.0625. The summed E-state index contributed by atoms with van der Waals surface area (Å²) in [5.74, 6) is -1.58. The predicted molar refractivity (Wildman–Crippen MR) is 100 cm³/mol. The molecular formula is C16H12N4O9S2. The van der Waals surface area contributed by atoms with Gasteiger partial charge in [0.2, 0.25) is 5.72 Å². The third kappa shape index (κ3) is 4.54. The molecule has 0 bridgehead atoms. The molecule has 13 nitrogen and oxygen atoms in total. The standard InChI is InChI=1S/C16H12N4O9S2/c21-15(22)13-14(19-17-10-3-7-12(8-4-10)31(27,28)29)16(23,20-18-13)9-1-5-11(6-2-9)30(24,25)26/h1-8,23H,(H,21,22)(H,24,25,26)(H,27,28,29). The summed E-state index contributed by atoms with van der Waals surface area (Å²) in [6.07, 6.45) is 0. The minimum Gasteiger partial charge on any atom is -0.476 e. The van der Waals surface area contributed by atoms with Crippen molar-refractivity contribution >= 4 is 31.9 Å². The fourth-order valence-corrected chi connectivity index (χ4v) is 3.45. The highest BCUT2D eigenvalue weighted by atomic mass is 32.2. The molecule has 1 heterocycles. The second kappa shape index (κ2) is 7.71. The summed E-state index contributed by atoms with van der Waals surface area (Å²) >= 11 is 0. The van der Waals surface area contributed by atoms with Crippen molar-refractivity contribution in [3.63, 3.8) is 0 Å². The SMILES string of the molecule is O=C(O)C1=C(N=Nc2ccc(S(=O)(=O)O)cc2)C(O)(c2ccc(S(=O)(=O)O)cc2)N=N1. The minimum absolute atomic E-state index is 0.0422. The summed E-state index contributed by atoms with van der Waals surface area (Å²) < 4.78 is 62.5. The molecule has 4 N–H and O–H groups in total. The molecule has 0 aromatic heterocycles. The topological polar surface area (TPSA) is 216 Å². The summed E-state index contributed by atoms with van der Waals surface area (Å²) in [5, 5.41) is 34.6. The van der Waals surface area contributed by atoms with Crippen LogP contribution in [0.3, 0.4) is 0 Å². The molecule has 1 aliphatic rings. The molecule has 1 atom stereocenters. The van der Waals surface area contributed by atoms with Gasteiger partial charge in [-0.25, -0.2) is 4.79 Å². The van der Waals surface area contributed by atoms with Crippen LogP contribution >= 0.6 is 0 Å². The summed E-state index contributed by atoms with van der Waals surface area (Å²) in [6, 6.07) is 8.44. The molecule has 0 spiro atoms. The zero-order valence-corrected chi connectivity index (χ0v) is 16.7. The predicted octanol–water partition coefficient (Wildman–Crippen LogP) is 1.87. The lowest BCUT2D eigenvalue weighted by Crippen LogP contribution is -2.23. The molecule has 0 amide bonds. The van der Waals surface area contributed by atoms with Crippen LogP contribution in [0.15, 0.2) is 90.2 Å². The average molecular weight is 468 g/mol. The highest BCUT2D eigenvalue weighted by Crippen LogP contribution is 2.40. The van der Waals surface area contributed by atoms with E-state index in [0.717, 1.165) is 48.5 Å². The molecular weight excluding hydrogens is 456 g/mol. The summed E-state index contributed by atoms with van der Waals surface area (Å²) in [5.41, 5.74) is -3.84. The van der Waals surface area contributed by atoms with Gasteiger partial charge in [-0.1, -0.05) is 12.1 Å². The van der Waals surface area contributed by atoms with Crippen LogP contribution in [0.1, 0.15) is 5.56 Å². The molecule has 2 aromatic rings. The summed E-state index contributed by atoms with van der Waals surface area (Å²) in [6.45, 7) is 0.